The molecule has 2 atom stereocenters. The van der Waals surface area contributed by atoms with Gasteiger partial charge >= 0.3 is 17.9 Å². The van der Waals surface area contributed by atoms with E-state index in [0.717, 1.165) is 5.56 Å². The van der Waals surface area contributed by atoms with E-state index in [2.05, 4.69) is 0 Å². The van der Waals surface area contributed by atoms with E-state index in [-0.39, 0.29) is 13.2 Å². The number of esters is 3. The molecule has 0 unspecified atom stereocenters. The summed E-state index contributed by atoms with van der Waals surface area (Å²) in [7, 11) is 0. The molecule has 2 aromatic carbocycles. The molecule has 1 aliphatic heterocycles. The highest BCUT2D eigenvalue weighted by Crippen LogP contribution is 2.37. The smallest absolute Gasteiger partial charge is 0.335 e. The summed E-state index contributed by atoms with van der Waals surface area (Å²) >= 11 is 0. The fraction of sp³-hybridized carbons (Fsp3) is 0.375. The van der Waals surface area contributed by atoms with E-state index in [1.807, 2.05) is 30.3 Å². The second kappa shape index (κ2) is 9.75. The Balaban J connectivity index is 2.00. The van der Waals surface area contributed by atoms with Gasteiger partial charge in [0.1, 0.15) is 0 Å². The number of hydrogen-bond acceptors (Lipinski definition) is 7. The molecule has 0 saturated carbocycles. The maximum absolute atomic E-state index is 12.9. The molecule has 1 saturated heterocycles. The summed E-state index contributed by atoms with van der Waals surface area (Å²) in [6.07, 6.45) is -1.23. The third-order valence-electron chi connectivity index (χ3n) is 4.86. The molecule has 0 spiro atoms. The average molecular weight is 426 g/mol. The van der Waals surface area contributed by atoms with Gasteiger partial charge < -0.3 is 18.9 Å². The van der Waals surface area contributed by atoms with Crippen molar-refractivity contribution in [3.63, 3.8) is 0 Å². The molecular formula is C24H26O7. The van der Waals surface area contributed by atoms with E-state index in [9.17, 15) is 14.4 Å². The predicted molar refractivity (Wildman–Crippen MR) is 111 cm³/mol. The molecule has 1 aliphatic rings. The molecule has 1 fully saturated rings. The van der Waals surface area contributed by atoms with Crippen molar-refractivity contribution in [3.05, 3.63) is 71.8 Å². The third kappa shape index (κ3) is 5.49. The molecule has 1 heterocycles. The lowest BCUT2D eigenvalue weighted by Crippen LogP contribution is -2.51. The maximum atomic E-state index is 12.9. The summed E-state index contributed by atoms with van der Waals surface area (Å²) in [5.41, 5.74) is 1.39. The van der Waals surface area contributed by atoms with Crippen molar-refractivity contribution >= 4 is 17.9 Å². The zero-order valence-corrected chi connectivity index (χ0v) is 17.8. The molecule has 164 valence electrons. The highest BCUT2D eigenvalue weighted by atomic mass is 16.7. The van der Waals surface area contributed by atoms with Gasteiger partial charge in [0.05, 0.1) is 13.2 Å². The van der Waals surface area contributed by atoms with Crippen molar-refractivity contribution in [1.82, 2.24) is 0 Å². The second-order valence-corrected chi connectivity index (χ2v) is 7.63. The van der Waals surface area contributed by atoms with Crippen molar-refractivity contribution in [2.75, 3.05) is 6.61 Å². The second-order valence-electron chi connectivity index (χ2n) is 7.63. The Morgan fingerprint density at radius 3 is 2.06 bits per heavy atom. The first kappa shape index (κ1) is 22.5. The first-order valence-corrected chi connectivity index (χ1v) is 10.1. The highest BCUT2D eigenvalue weighted by molar-refractivity contribution is 5.98. The minimum atomic E-state index is -1.38. The van der Waals surface area contributed by atoms with Crippen LogP contribution in [0.15, 0.2) is 60.7 Å². The summed E-state index contributed by atoms with van der Waals surface area (Å²) in [4.78, 5) is 38.6. The molecule has 0 aliphatic carbocycles. The van der Waals surface area contributed by atoms with E-state index in [1.54, 1.807) is 37.3 Å². The number of ether oxygens (including phenoxy) is 4. The van der Waals surface area contributed by atoms with Gasteiger partial charge in [0.2, 0.25) is 0 Å². The van der Waals surface area contributed by atoms with Crippen LogP contribution >= 0.6 is 0 Å². The Morgan fingerprint density at radius 2 is 1.52 bits per heavy atom. The Hall–Kier alpha value is -3.19. The molecule has 2 aromatic rings. The zero-order chi connectivity index (χ0) is 22.4. The van der Waals surface area contributed by atoms with Crippen LogP contribution in [0.2, 0.25) is 0 Å². The third-order valence-corrected chi connectivity index (χ3v) is 4.86. The SMILES string of the molecule is CCOC(=O)[C@@H](OCc1ccccc1)[C@H](c1ccccc1)C1C(=O)OC(C)(C)OC1=O. The van der Waals surface area contributed by atoms with Crippen molar-refractivity contribution in [3.8, 4) is 0 Å². The predicted octanol–water partition coefficient (Wildman–Crippen LogP) is 3.37. The van der Waals surface area contributed by atoms with Crippen LogP contribution in [0, 0.1) is 5.92 Å². The Kier molecular flexibility index (Phi) is 7.07. The largest absolute Gasteiger partial charge is 0.464 e. The lowest BCUT2D eigenvalue weighted by atomic mass is 9.81. The molecule has 0 aromatic heterocycles. The van der Waals surface area contributed by atoms with Crippen LogP contribution in [0.4, 0.5) is 0 Å². The Labute approximate surface area is 181 Å². The van der Waals surface area contributed by atoms with E-state index >= 15 is 0 Å². The number of hydrogen-bond donors (Lipinski definition) is 0. The first-order valence-electron chi connectivity index (χ1n) is 10.1. The number of benzene rings is 2. The van der Waals surface area contributed by atoms with Gasteiger partial charge in [-0.1, -0.05) is 60.7 Å². The van der Waals surface area contributed by atoms with E-state index in [4.69, 9.17) is 18.9 Å². The molecule has 7 heteroatoms. The lowest BCUT2D eigenvalue weighted by Gasteiger charge is -2.37. The van der Waals surface area contributed by atoms with Crippen LogP contribution in [0.25, 0.3) is 0 Å². The average Bonchev–Trinajstić information content (AvgIpc) is 2.73. The maximum Gasteiger partial charge on any atom is 0.335 e. The van der Waals surface area contributed by atoms with Gasteiger partial charge in [-0.2, -0.15) is 0 Å². The van der Waals surface area contributed by atoms with Crippen molar-refractivity contribution in [2.24, 2.45) is 5.92 Å². The van der Waals surface area contributed by atoms with Gasteiger partial charge in [-0.3, -0.25) is 9.59 Å². The monoisotopic (exact) mass is 426 g/mol. The van der Waals surface area contributed by atoms with Gasteiger partial charge in [-0.25, -0.2) is 4.79 Å². The molecule has 7 nitrogen and oxygen atoms in total. The van der Waals surface area contributed by atoms with Crippen LogP contribution in [-0.2, 0) is 39.9 Å². The fourth-order valence-electron chi connectivity index (χ4n) is 3.54. The molecule has 3 rings (SSSR count). The summed E-state index contributed by atoms with van der Waals surface area (Å²) in [6.45, 7) is 4.85. The molecule has 0 bridgehead atoms. The number of rotatable bonds is 8. The standard InChI is InChI=1S/C24H26O7/c1-4-28-23(27)20(29-15-16-11-7-5-8-12-16)18(17-13-9-6-10-14-17)19-21(25)30-24(2,3)31-22(19)26/h5-14,18-20H,4,15H2,1-3H3/t18-,20+/m1/s1. The minimum absolute atomic E-state index is 0.0932. The Bertz CT molecular complexity index is 888. The summed E-state index contributed by atoms with van der Waals surface area (Å²) < 4.78 is 21.8. The highest BCUT2D eigenvalue weighted by Gasteiger charge is 2.52. The van der Waals surface area contributed by atoms with Gasteiger partial charge in [0.15, 0.2) is 12.0 Å². The van der Waals surface area contributed by atoms with Crippen molar-refractivity contribution < 1.29 is 33.3 Å². The molecule has 0 N–H and O–H groups in total. The van der Waals surface area contributed by atoms with E-state index in [0.29, 0.717) is 5.56 Å². The summed E-state index contributed by atoms with van der Waals surface area (Å²) in [5, 5.41) is 0. The molecule has 0 radical (unpaired) electrons. The van der Waals surface area contributed by atoms with Crippen LogP contribution in [-0.4, -0.2) is 36.4 Å². The van der Waals surface area contributed by atoms with Crippen LogP contribution < -0.4 is 0 Å². The number of carbonyl (C=O) groups excluding carboxylic acids is 3. The minimum Gasteiger partial charge on any atom is -0.464 e. The van der Waals surface area contributed by atoms with E-state index < -0.39 is 41.6 Å². The quantitative estimate of drug-likeness (QED) is 0.472. The van der Waals surface area contributed by atoms with Gasteiger partial charge in [0.25, 0.3) is 5.79 Å². The van der Waals surface area contributed by atoms with Crippen molar-refractivity contribution in [2.45, 2.75) is 45.2 Å². The van der Waals surface area contributed by atoms with Crippen LogP contribution in [0.3, 0.4) is 0 Å². The molecule has 0 amide bonds. The summed E-state index contributed by atoms with van der Waals surface area (Å²) in [6, 6.07) is 18.0. The van der Waals surface area contributed by atoms with E-state index in [1.165, 1.54) is 13.8 Å². The normalized spacial score (nSPS) is 17.9. The van der Waals surface area contributed by atoms with Gasteiger partial charge in [-0.15, -0.1) is 0 Å². The lowest BCUT2D eigenvalue weighted by molar-refractivity contribution is -0.242. The fourth-order valence-corrected chi connectivity index (χ4v) is 3.54. The molecule has 31 heavy (non-hydrogen) atoms. The van der Waals surface area contributed by atoms with Gasteiger partial charge in [-0.05, 0) is 18.1 Å². The van der Waals surface area contributed by atoms with Crippen molar-refractivity contribution in [1.29, 1.82) is 0 Å². The zero-order valence-electron chi connectivity index (χ0n) is 17.8. The Morgan fingerprint density at radius 1 is 0.968 bits per heavy atom. The molecular weight excluding hydrogens is 400 g/mol. The van der Waals surface area contributed by atoms with Crippen LogP contribution in [0.5, 0.6) is 0 Å². The topological polar surface area (TPSA) is 88.1 Å². The first-order chi connectivity index (χ1) is 14.8. The van der Waals surface area contributed by atoms with Gasteiger partial charge in [0, 0.05) is 19.8 Å². The summed E-state index contributed by atoms with van der Waals surface area (Å²) in [5.74, 6) is -5.95. The van der Waals surface area contributed by atoms with Crippen LogP contribution in [0.1, 0.15) is 37.8 Å². The number of carbonyl (C=O) groups is 3. The number of cyclic esters (lactones) is 2.